The number of methoxy groups -OCH3 is 1. The van der Waals surface area contributed by atoms with Gasteiger partial charge in [0.15, 0.2) is 0 Å². The Morgan fingerprint density at radius 3 is 2.82 bits per heavy atom. The zero-order valence-corrected chi connectivity index (χ0v) is 21.0. The van der Waals surface area contributed by atoms with Gasteiger partial charge in [0.2, 0.25) is 11.8 Å². The minimum atomic E-state index is -1.14. The van der Waals surface area contributed by atoms with E-state index < -0.39 is 54.4 Å². The van der Waals surface area contributed by atoms with Crippen molar-refractivity contribution in [2.45, 2.75) is 43.6 Å². The summed E-state index contributed by atoms with van der Waals surface area (Å²) in [6, 6.07) is 7.24. The Morgan fingerprint density at radius 1 is 1.23 bits per heavy atom. The summed E-state index contributed by atoms with van der Waals surface area (Å²) in [4.78, 5) is 34.2. The second kappa shape index (κ2) is 12.7. The molecule has 206 valence electrons. The van der Waals surface area contributed by atoms with Gasteiger partial charge in [-0.25, -0.2) is 13.8 Å². The van der Waals surface area contributed by atoms with Crippen molar-refractivity contribution in [3.8, 4) is 5.88 Å². The zero-order valence-electron chi connectivity index (χ0n) is 21.0. The Kier molecular flexibility index (Phi) is 9.12. The lowest BCUT2D eigenvalue weighted by Crippen LogP contribution is -2.52. The van der Waals surface area contributed by atoms with Crippen molar-refractivity contribution in [3.63, 3.8) is 0 Å². The normalized spacial score (nSPS) is 20.1. The van der Waals surface area contributed by atoms with Gasteiger partial charge in [0, 0.05) is 30.3 Å². The number of aliphatic hydroxyl groups excluding tert-OH is 2. The molecule has 0 saturated carbocycles. The van der Waals surface area contributed by atoms with Crippen LogP contribution >= 0.6 is 0 Å². The topological polar surface area (TPSA) is 143 Å². The van der Waals surface area contributed by atoms with Crippen molar-refractivity contribution in [1.82, 2.24) is 15.3 Å². The van der Waals surface area contributed by atoms with E-state index in [-0.39, 0.29) is 18.4 Å². The second-order valence-corrected chi connectivity index (χ2v) is 9.00. The molecular formula is C27H28F2N4O6. The lowest BCUT2D eigenvalue weighted by Gasteiger charge is -2.37. The molecule has 1 saturated heterocycles. The molecule has 12 heteroatoms. The summed E-state index contributed by atoms with van der Waals surface area (Å²) in [7, 11) is 1.48. The van der Waals surface area contributed by atoms with Crippen LogP contribution in [0.3, 0.4) is 0 Å². The molecule has 0 spiro atoms. The molecule has 4 N–H and O–H groups in total. The standard InChI is InChI=1S/C27H28F2N4O6/c1-38-25-9-6-20-26(33-25)21(10-11-30-20)32-27(37)22-7-5-19(23(39-22)13-17(35)14-34)31-24(36)8-2-15-12-16(28)3-4-18(15)29/h2-4,6,8-12,17,19,22-23,34-35H,5,7,13-14H2,1H3,(H,31,36)(H,30,32,37)/t17?,19-,22+,23-/m1/s1. The number of carbonyl (C=O) groups excluding carboxylic acids is 2. The van der Waals surface area contributed by atoms with E-state index in [1.165, 1.54) is 13.3 Å². The molecular weight excluding hydrogens is 514 g/mol. The van der Waals surface area contributed by atoms with Crippen LogP contribution < -0.4 is 15.4 Å². The van der Waals surface area contributed by atoms with E-state index in [2.05, 4.69) is 20.6 Å². The molecule has 0 radical (unpaired) electrons. The third-order valence-corrected chi connectivity index (χ3v) is 6.26. The summed E-state index contributed by atoms with van der Waals surface area (Å²) in [5, 5.41) is 24.9. The average molecular weight is 543 g/mol. The van der Waals surface area contributed by atoms with Gasteiger partial charge in [-0.05, 0) is 49.2 Å². The number of hydrogen-bond acceptors (Lipinski definition) is 8. The van der Waals surface area contributed by atoms with E-state index in [4.69, 9.17) is 9.47 Å². The molecule has 1 aromatic carbocycles. The second-order valence-electron chi connectivity index (χ2n) is 9.00. The number of ether oxygens (including phenoxy) is 2. The Labute approximate surface area is 222 Å². The molecule has 2 aromatic heterocycles. The van der Waals surface area contributed by atoms with Crippen molar-refractivity contribution in [2.24, 2.45) is 0 Å². The summed E-state index contributed by atoms with van der Waals surface area (Å²) in [6.45, 7) is -0.535. The SMILES string of the molecule is COc1ccc2nccc(NC(=O)[C@@H]3CC[C@@H](NC(=O)C=Cc4cc(F)ccc4F)[C@@H](CC(O)CO)O3)c2n1. The number of carbonyl (C=O) groups is 2. The van der Waals surface area contributed by atoms with Crippen molar-refractivity contribution in [1.29, 1.82) is 0 Å². The number of aliphatic hydroxyl groups is 2. The lowest BCUT2D eigenvalue weighted by molar-refractivity contribution is -0.143. The lowest BCUT2D eigenvalue weighted by atomic mass is 9.94. The maximum atomic E-state index is 13.8. The first-order valence-corrected chi connectivity index (χ1v) is 12.3. The number of anilines is 1. The highest BCUT2D eigenvalue weighted by Crippen LogP contribution is 2.27. The molecule has 39 heavy (non-hydrogen) atoms. The number of rotatable bonds is 9. The molecule has 1 aliphatic rings. The van der Waals surface area contributed by atoms with Gasteiger partial charge in [0.1, 0.15) is 23.3 Å². The first kappa shape index (κ1) is 28.0. The van der Waals surface area contributed by atoms with Crippen LogP contribution in [0.4, 0.5) is 14.5 Å². The van der Waals surface area contributed by atoms with Gasteiger partial charge in [-0.2, -0.15) is 0 Å². The molecule has 1 fully saturated rings. The quantitative estimate of drug-likeness (QED) is 0.302. The fourth-order valence-corrected chi connectivity index (χ4v) is 4.28. The van der Waals surface area contributed by atoms with Crippen LogP contribution in [0.25, 0.3) is 17.1 Å². The van der Waals surface area contributed by atoms with Crippen molar-refractivity contribution in [3.05, 3.63) is 65.9 Å². The van der Waals surface area contributed by atoms with Crippen molar-refractivity contribution >= 4 is 34.6 Å². The smallest absolute Gasteiger partial charge is 0.253 e. The first-order chi connectivity index (χ1) is 18.8. The number of amides is 2. The van der Waals surface area contributed by atoms with Crippen LogP contribution in [-0.4, -0.2) is 70.1 Å². The predicted molar refractivity (Wildman–Crippen MR) is 138 cm³/mol. The van der Waals surface area contributed by atoms with Gasteiger partial charge < -0.3 is 30.3 Å². The molecule has 0 aliphatic carbocycles. The van der Waals surface area contributed by atoms with E-state index >= 15 is 0 Å². The fraction of sp³-hybridized carbons (Fsp3) is 0.333. The maximum absolute atomic E-state index is 13.8. The van der Waals surface area contributed by atoms with Crippen LogP contribution in [-0.2, 0) is 14.3 Å². The number of nitrogens with one attached hydrogen (secondary N) is 2. The van der Waals surface area contributed by atoms with Crippen molar-refractivity contribution < 1.29 is 38.1 Å². The Bertz CT molecular complexity index is 1370. The van der Waals surface area contributed by atoms with Gasteiger partial charge >= 0.3 is 0 Å². The highest BCUT2D eigenvalue weighted by molar-refractivity contribution is 6.01. The first-order valence-electron chi connectivity index (χ1n) is 12.3. The molecule has 4 atom stereocenters. The Balaban J connectivity index is 1.44. The van der Waals surface area contributed by atoms with E-state index in [1.54, 1.807) is 18.2 Å². The van der Waals surface area contributed by atoms with Gasteiger partial charge in [-0.1, -0.05) is 0 Å². The molecule has 3 aromatic rings. The van der Waals surface area contributed by atoms with Crippen LogP contribution in [0.1, 0.15) is 24.8 Å². The molecule has 0 bridgehead atoms. The number of fused-ring (bicyclic) bond motifs is 1. The average Bonchev–Trinajstić information content (AvgIpc) is 2.94. The zero-order chi connectivity index (χ0) is 27.9. The Morgan fingerprint density at radius 2 is 2.05 bits per heavy atom. The van der Waals surface area contributed by atoms with E-state index in [0.717, 1.165) is 30.4 Å². The van der Waals surface area contributed by atoms with E-state index in [0.29, 0.717) is 29.0 Å². The van der Waals surface area contributed by atoms with Crippen LogP contribution in [0, 0.1) is 11.6 Å². The minimum absolute atomic E-state index is 0.0512. The van der Waals surface area contributed by atoms with Gasteiger partial charge in [0.25, 0.3) is 5.91 Å². The monoisotopic (exact) mass is 542 g/mol. The summed E-state index contributed by atoms with van der Waals surface area (Å²) < 4.78 is 38.4. The maximum Gasteiger partial charge on any atom is 0.253 e. The molecule has 1 aliphatic heterocycles. The number of hydrogen-bond donors (Lipinski definition) is 4. The highest BCUT2D eigenvalue weighted by Gasteiger charge is 2.36. The summed E-state index contributed by atoms with van der Waals surface area (Å²) in [6.07, 6.45) is 1.37. The molecule has 3 heterocycles. The van der Waals surface area contributed by atoms with Crippen LogP contribution in [0.2, 0.25) is 0 Å². The van der Waals surface area contributed by atoms with E-state index in [9.17, 15) is 28.6 Å². The predicted octanol–water partition coefficient (Wildman–Crippen LogP) is 2.34. The number of pyridine rings is 2. The highest BCUT2D eigenvalue weighted by atomic mass is 19.1. The molecule has 10 nitrogen and oxygen atoms in total. The van der Waals surface area contributed by atoms with Crippen molar-refractivity contribution in [2.75, 3.05) is 19.0 Å². The van der Waals surface area contributed by atoms with Gasteiger partial charge in [0.05, 0.1) is 43.2 Å². The Hall–Kier alpha value is -4.00. The summed E-state index contributed by atoms with van der Waals surface area (Å²) in [5.41, 5.74) is 1.30. The third-order valence-electron chi connectivity index (χ3n) is 6.26. The largest absolute Gasteiger partial charge is 0.481 e. The summed E-state index contributed by atoms with van der Waals surface area (Å²) >= 11 is 0. The van der Waals surface area contributed by atoms with Crippen LogP contribution in [0.15, 0.2) is 48.7 Å². The van der Waals surface area contributed by atoms with Crippen LogP contribution in [0.5, 0.6) is 5.88 Å². The molecule has 2 amide bonds. The third kappa shape index (κ3) is 7.11. The number of halogens is 2. The number of aromatic nitrogens is 2. The molecule has 1 unspecified atom stereocenters. The summed E-state index contributed by atoms with van der Waals surface area (Å²) in [5.74, 6) is -2.03. The number of benzene rings is 1. The number of nitrogens with zero attached hydrogens (tertiary/aromatic N) is 2. The van der Waals surface area contributed by atoms with E-state index in [1.807, 2.05) is 0 Å². The molecule has 4 rings (SSSR count). The fourth-order valence-electron chi connectivity index (χ4n) is 4.28. The van der Waals surface area contributed by atoms with Gasteiger partial charge in [-0.3, -0.25) is 14.6 Å². The van der Waals surface area contributed by atoms with Gasteiger partial charge in [-0.15, -0.1) is 0 Å². The minimum Gasteiger partial charge on any atom is -0.481 e.